The van der Waals surface area contributed by atoms with E-state index in [4.69, 9.17) is 20.4 Å². The number of furan rings is 2. The third-order valence-corrected chi connectivity index (χ3v) is 10.7. The summed E-state index contributed by atoms with van der Waals surface area (Å²) in [6.45, 7) is 4.70. The van der Waals surface area contributed by atoms with Gasteiger partial charge in [-0.2, -0.15) is 0 Å². The van der Waals surface area contributed by atoms with Crippen molar-refractivity contribution in [1.82, 2.24) is 9.88 Å². The molecule has 2 atom stereocenters. The van der Waals surface area contributed by atoms with E-state index in [1.807, 2.05) is 30.3 Å². The first-order chi connectivity index (χ1) is 25.7. The molecule has 3 aromatic heterocycles. The predicted molar refractivity (Wildman–Crippen MR) is 213 cm³/mol. The second kappa shape index (κ2) is 11.1. The van der Waals surface area contributed by atoms with Crippen LogP contribution in [0.3, 0.4) is 0 Å². The van der Waals surface area contributed by atoms with Crippen molar-refractivity contribution in [3.8, 4) is 5.69 Å². The van der Waals surface area contributed by atoms with E-state index in [1.54, 1.807) is 0 Å². The van der Waals surface area contributed by atoms with Gasteiger partial charge in [-0.05, 0) is 41.5 Å². The number of rotatable bonds is 4. The van der Waals surface area contributed by atoms with Gasteiger partial charge in [-0.1, -0.05) is 134 Å². The molecule has 0 fully saturated rings. The molecule has 0 bridgehead atoms. The van der Waals surface area contributed by atoms with E-state index < -0.39 is 0 Å². The normalized spacial score (nSPS) is 16.4. The predicted octanol–water partition coefficient (Wildman–Crippen LogP) is 12.0. The van der Waals surface area contributed by atoms with Crippen LogP contribution in [0.25, 0.3) is 71.4 Å². The molecule has 10 aromatic rings. The summed E-state index contributed by atoms with van der Waals surface area (Å²) < 4.78 is 15.7. The molecule has 52 heavy (non-hydrogen) atoms. The van der Waals surface area contributed by atoms with Gasteiger partial charge in [0.2, 0.25) is 0 Å². The topological polar surface area (TPSA) is 55.6 Å². The van der Waals surface area contributed by atoms with Crippen LogP contribution in [0, 0.1) is 0 Å². The summed E-state index contributed by atoms with van der Waals surface area (Å²) in [5.41, 5.74) is 10.7. The molecule has 11 rings (SSSR count). The van der Waals surface area contributed by atoms with Gasteiger partial charge < -0.3 is 18.7 Å². The zero-order valence-corrected chi connectivity index (χ0v) is 28.1. The lowest BCUT2D eigenvalue weighted by Crippen LogP contribution is -2.36. The maximum absolute atomic E-state index is 6.86. The van der Waals surface area contributed by atoms with E-state index in [0.29, 0.717) is 0 Å². The molecule has 7 aromatic carbocycles. The van der Waals surface area contributed by atoms with E-state index in [0.717, 1.165) is 88.7 Å². The van der Waals surface area contributed by atoms with E-state index in [1.165, 1.54) is 10.8 Å². The van der Waals surface area contributed by atoms with Crippen LogP contribution >= 0.6 is 0 Å². The summed E-state index contributed by atoms with van der Waals surface area (Å²) in [4.78, 5) is 5.32. The third-order valence-electron chi connectivity index (χ3n) is 10.7. The number of nitrogens with one attached hydrogen (secondary N) is 1. The summed E-state index contributed by atoms with van der Waals surface area (Å²) in [6, 6.07) is 54.4. The molecule has 246 valence electrons. The Morgan fingerprint density at radius 1 is 0.538 bits per heavy atom. The summed E-state index contributed by atoms with van der Waals surface area (Å²) in [5.74, 6) is 0.814. The lowest BCUT2D eigenvalue weighted by molar-refractivity contribution is 0.608. The van der Waals surface area contributed by atoms with Crippen LogP contribution in [0.1, 0.15) is 28.8 Å². The lowest BCUT2D eigenvalue weighted by atomic mass is 9.87. The molecule has 4 heterocycles. The molecule has 0 aliphatic carbocycles. The molecule has 1 aliphatic heterocycles. The number of aliphatic imine (C=N–C) groups is 1. The zero-order valence-electron chi connectivity index (χ0n) is 28.1. The van der Waals surface area contributed by atoms with Crippen molar-refractivity contribution in [3.63, 3.8) is 0 Å². The number of aromatic nitrogens is 1. The number of amidine groups is 1. The van der Waals surface area contributed by atoms with Gasteiger partial charge in [0, 0.05) is 43.4 Å². The van der Waals surface area contributed by atoms with Crippen LogP contribution in [0.2, 0.25) is 0 Å². The first-order valence-corrected chi connectivity index (χ1v) is 17.6. The third kappa shape index (κ3) is 4.20. The van der Waals surface area contributed by atoms with Gasteiger partial charge in [-0.25, -0.2) is 0 Å². The summed E-state index contributed by atoms with van der Waals surface area (Å²) >= 11 is 0. The van der Waals surface area contributed by atoms with Crippen LogP contribution in [-0.4, -0.2) is 10.4 Å². The monoisotopic (exact) mass is 669 g/mol. The van der Waals surface area contributed by atoms with E-state index in [9.17, 15) is 0 Å². The summed E-state index contributed by atoms with van der Waals surface area (Å²) in [7, 11) is 0. The Hall–Kier alpha value is -6.85. The van der Waals surface area contributed by atoms with Crippen LogP contribution < -0.4 is 5.32 Å². The van der Waals surface area contributed by atoms with E-state index >= 15 is 0 Å². The average Bonchev–Trinajstić information content (AvgIpc) is 3.88. The molecule has 2 unspecified atom stereocenters. The Kier molecular flexibility index (Phi) is 6.16. The minimum atomic E-state index is -0.324. The minimum absolute atomic E-state index is 0.241. The number of benzene rings is 7. The number of nitrogens with zero attached hydrogens (tertiary/aromatic N) is 2. The maximum atomic E-state index is 6.86. The molecule has 0 saturated heterocycles. The van der Waals surface area contributed by atoms with Crippen LogP contribution in [0.4, 0.5) is 0 Å². The lowest BCUT2D eigenvalue weighted by Gasteiger charge is -2.33. The largest absolute Gasteiger partial charge is 0.456 e. The molecule has 1 N–H and O–H groups in total. The van der Waals surface area contributed by atoms with E-state index in [-0.39, 0.29) is 12.1 Å². The molecule has 5 heteroatoms. The van der Waals surface area contributed by atoms with Gasteiger partial charge in [-0.3, -0.25) is 4.99 Å². The maximum Gasteiger partial charge on any atom is 0.159 e. The van der Waals surface area contributed by atoms with Crippen molar-refractivity contribution in [2.45, 2.75) is 12.1 Å². The second-order valence-corrected chi connectivity index (χ2v) is 13.6. The Morgan fingerprint density at radius 3 is 1.94 bits per heavy atom. The first-order valence-electron chi connectivity index (χ1n) is 17.6. The molecule has 0 amide bonds. The summed E-state index contributed by atoms with van der Waals surface area (Å²) in [5, 5.41) is 10.5. The SMILES string of the molecule is C=C1C(c2ccc3c(c2)oc2c(-n4c5ccccc5c5ccccc54)cccc23)N=C(c2ccccc2)NC1c1cccc2c1oc1ccccc12. The molecule has 1 aliphatic rings. The van der Waals surface area contributed by atoms with Crippen LogP contribution in [0.15, 0.2) is 184 Å². The minimum Gasteiger partial charge on any atom is -0.456 e. The summed E-state index contributed by atoms with van der Waals surface area (Å²) in [6.07, 6.45) is 0. The molecule has 0 radical (unpaired) electrons. The number of hydrogen-bond donors (Lipinski definition) is 1. The van der Waals surface area contributed by atoms with Gasteiger partial charge in [-0.15, -0.1) is 0 Å². The zero-order chi connectivity index (χ0) is 34.3. The highest BCUT2D eigenvalue weighted by Crippen LogP contribution is 2.44. The number of fused-ring (bicyclic) bond motifs is 9. The fraction of sp³-hybridized carbons (Fsp3) is 0.0426. The van der Waals surface area contributed by atoms with Crippen molar-refractivity contribution >= 4 is 71.5 Å². The van der Waals surface area contributed by atoms with Crippen molar-refractivity contribution in [3.05, 3.63) is 187 Å². The number of para-hydroxylation sites is 5. The Balaban J connectivity index is 1.08. The Morgan fingerprint density at radius 2 is 1.15 bits per heavy atom. The average molecular weight is 670 g/mol. The van der Waals surface area contributed by atoms with E-state index in [2.05, 4.69) is 137 Å². The highest BCUT2D eigenvalue weighted by Gasteiger charge is 2.32. The van der Waals surface area contributed by atoms with Crippen molar-refractivity contribution in [2.75, 3.05) is 0 Å². The molecular weight excluding hydrogens is 639 g/mol. The van der Waals surface area contributed by atoms with Gasteiger partial charge in [0.25, 0.3) is 0 Å². The van der Waals surface area contributed by atoms with Gasteiger partial charge >= 0.3 is 0 Å². The van der Waals surface area contributed by atoms with Crippen molar-refractivity contribution in [1.29, 1.82) is 0 Å². The smallest absolute Gasteiger partial charge is 0.159 e. The quantitative estimate of drug-likeness (QED) is 0.190. The van der Waals surface area contributed by atoms with Crippen LogP contribution in [0.5, 0.6) is 0 Å². The van der Waals surface area contributed by atoms with Gasteiger partial charge in [0.05, 0.1) is 22.8 Å². The van der Waals surface area contributed by atoms with Gasteiger partial charge in [0.15, 0.2) is 5.58 Å². The molecule has 0 spiro atoms. The second-order valence-electron chi connectivity index (χ2n) is 13.6. The van der Waals surface area contributed by atoms with Gasteiger partial charge in [0.1, 0.15) is 28.6 Å². The standard InChI is InChI=1S/C47H31N3O2/c1-28-43(48-47(29-13-3-2-4-14-29)49-44(28)37-20-11-18-35-33-17-7-10-24-41(33)51-45(35)37)30-25-26-34-36-19-12-23-40(46(36)52-42(34)27-30)50-38-21-8-5-15-31(38)32-16-6-9-22-39(32)50/h2-27,43-44H,1H2,(H,48,49). The molecule has 0 saturated carbocycles. The van der Waals surface area contributed by atoms with Crippen molar-refractivity contribution < 1.29 is 8.83 Å². The highest BCUT2D eigenvalue weighted by atomic mass is 16.3. The first kappa shape index (κ1) is 28.9. The van der Waals surface area contributed by atoms with Crippen molar-refractivity contribution in [2.24, 2.45) is 4.99 Å². The number of hydrogen-bond acceptors (Lipinski definition) is 4. The molecular formula is C47H31N3O2. The Labute approximate surface area is 298 Å². The molecule has 5 nitrogen and oxygen atoms in total. The van der Waals surface area contributed by atoms with Crippen LogP contribution in [-0.2, 0) is 0 Å². The highest BCUT2D eigenvalue weighted by molar-refractivity contribution is 6.13. The Bertz CT molecular complexity index is 3030. The fourth-order valence-corrected chi connectivity index (χ4v) is 8.28. The fourth-order valence-electron chi connectivity index (χ4n) is 8.28.